The van der Waals surface area contributed by atoms with Crippen LogP contribution in [0.3, 0.4) is 0 Å². The van der Waals surface area contributed by atoms with Crippen LogP contribution < -0.4 is 0 Å². The van der Waals surface area contributed by atoms with Gasteiger partial charge < -0.3 is 4.90 Å². The Morgan fingerprint density at radius 3 is 2.67 bits per heavy atom. The Morgan fingerprint density at radius 1 is 1.33 bits per heavy atom. The molecule has 0 atom stereocenters. The Kier molecular flexibility index (Phi) is 3.27. The third kappa shape index (κ3) is 2.50. The topological polar surface area (TPSA) is 3.24 Å². The number of benzene rings is 1. The zero-order chi connectivity index (χ0) is 10.8. The van der Waals surface area contributed by atoms with Crippen molar-refractivity contribution in [1.29, 1.82) is 0 Å². The molecule has 82 valence electrons. The molecular formula is C12H15ClFN. The number of rotatable bonds is 1. The van der Waals surface area contributed by atoms with Crippen molar-refractivity contribution in [2.75, 3.05) is 20.1 Å². The molecule has 1 fully saturated rings. The van der Waals surface area contributed by atoms with Crippen LogP contribution in [0, 0.1) is 5.82 Å². The number of halogens is 2. The van der Waals surface area contributed by atoms with Gasteiger partial charge in [0.2, 0.25) is 0 Å². The predicted molar refractivity (Wildman–Crippen MR) is 60.9 cm³/mol. The fourth-order valence-electron chi connectivity index (χ4n) is 2.15. The first-order valence-corrected chi connectivity index (χ1v) is 5.68. The summed E-state index contributed by atoms with van der Waals surface area (Å²) in [5.74, 6) is 0.234. The van der Waals surface area contributed by atoms with Gasteiger partial charge in [-0.15, -0.1) is 0 Å². The van der Waals surface area contributed by atoms with Crippen LogP contribution in [0.2, 0.25) is 5.02 Å². The molecule has 1 saturated heterocycles. The number of likely N-dealkylation sites (tertiary alicyclic amines) is 1. The van der Waals surface area contributed by atoms with Crippen molar-refractivity contribution in [3.8, 4) is 0 Å². The van der Waals surface area contributed by atoms with Crippen LogP contribution in [0.4, 0.5) is 4.39 Å². The predicted octanol–water partition coefficient (Wildman–Crippen LogP) is 3.29. The van der Waals surface area contributed by atoms with E-state index in [4.69, 9.17) is 11.6 Å². The van der Waals surface area contributed by atoms with Gasteiger partial charge in [0.15, 0.2) is 0 Å². The van der Waals surface area contributed by atoms with E-state index in [0.29, 0.717) is 10.9 Å². The minimum Gasteiger partial charge on any atom is -0.306 e. The Morgan fingerprint density at radius 2 is 2.00 bits per heavy atom. The Labute approximate surface area is 94.8 Å². The summed E-state index contributed by atoms with van der Waals surface area (Å²) in [6.07, 6.45) is 2.14. The van der Waals surface area contributed by atoms with Crippen molar-refractivity contribution in [1.82, 2.24) is 4.90 Å². The van der Waals surface area contributed by atoms with Crippen molar-refractivity contribution in [2.45, 2.75) is 18.8 Å². The Hall–Kier alpha value is -0.600. The average Bonchev–Trinajstić information content (AvgIpc) is 2.23. The highest BCUT2D eigenvalue weighted by Crippen LogP contribution is 2.32. The molecule has 0 aromatic heterocycles. The zero-order valence-electron chi connectivity index (χ0n) is 8.84. The SMILES string of the molecule is CN1CCC(c2cc(F)ccc2Cl)CC1. The fourth-order valence-corrected chi connectivity index (χ4v) is 2.42. The number of nitrogens with zero attached hydrogens (tertiary/aromatic N) is 1. The van der Waals surface area contributed by atoms with E-state index >= 15 is 0 Å². The maximum Gasteiger partial charge on any atom is 0.123 e. The molecule has 1 aliphatic rings. The lowest BCUT2D eigenvalue weighted by atomic mass is 9.89. The van der Waals surface area contributed by atoms with Crippen molar-refractivity contribution in [3.05, 3.63) is 34.6 Å². The van der Waals surface area contributed by atoms with Gasteiger partial charge in [0.1, 0.15) is 5.82 Å². The summed E-state index contributed by atoms with van der Waals surface area (Å²) >= 11 is 6.09. The summed E-state index contributed by atoms with van der Waals surface area (Å²) in [6.45, 7) is 2.13. The van der Waals surface area contributed by atoms with Crippen molar-refractivity contribution < 1.29 is 4.39 Å². The third-order valence-electron chi connectivity index (χ3n) is 3.12. The van der Waals surface area contributed by atoms with Crippen LogP contribution in [0.25, 0.3) is 0 Å². The van der Waals surface area contributed by atoms with Crippen LogP contribution in [0.5, 0.6) is 0 Å². The first-order chi connectivity index (χ1) is 7.16. The normalized spacial score (nSPS) is 19.4. The average molecular weight is 228 g/mol. The van der Waals surface area contributed by atoms with Gasteiger partial charge in [-0.05, 0) is 62.7 Å². The summed E-state index contributed by atoms with van der Waals surface area (Å²) in [7, 11) is 2.11. The molecule has 3 heteroatoms. The van der Waals surface area contributed by atoms with Crippen LogP contribution in [-0.2, 0) is 0 Å². The first kappa shape index (κ1) is 10.9. The molecule has 1 aromatic carbocycles. The van der Waals surface area contributed by atoms with E-state index in [1.165, 1.54) is 6.07 Å². The van der Waals surface area contributed by atoms with Gasteiger partial charge in [-0.1, -0.05) is 11.6 Å². The maximum absolute atomic E-state index is 13.1. The first-order valence-electron chi connectivity index (χ1n) is 5.30. The van der Waals surface area contributed by atoms with Gasteiger partial charge in [-0.25, -0.2) is 4.39 Å². The maximum atomic E-state index is 13.1. The number of hydrogen-bond donors (Lipinski definition) is 0. The summed E-state index contributed by atoms with van der Waals surface area (Å²) < 4.78 is 13.1. The molecule has 0 bridgehead atoms. The van der Waals surface area contributed by atoms with Crippen molar-refractivity contribution >= 4 is 11.6 Å². The molecule has 0 amide bonds. The number of piperidine rings is 1. The molecule has 1 nitrogen and oxygen atoms in total. The second-order valence-corrected chi connectivity index (χ2v) is 4.65. The molecule has 0 unspecified atom stereocenters. The molecule has 0 aliphatic carbocycles. The summed E-state index contributed by atoms with van der Waals surface area (Å²) in [5.41, 5.74) is 0.977. The molecule has 0 saturated carbocycles. The van der Waals surface area contributed by atoms with E-state index in [1.807, 2.05) is 0 Å². The number of hydrogen-bond acceptors (Lipinski definition) is 1. The van der Waals surface area contributed by atoms with Gasteiger partial charge in [0.05, 0.1) is 0 Å². The minimum absolute atomic E-state index is 0.187. The highest BCUT2D eigenvalue weighted by molar-refractivity contribution is 6.31. The second-order valence-electron chi connectivity index (χ2n) is 4.24. The quantitative estimate of drug-likeness (QED) is 0.712. The van der Waals surface area contributed by atoms with E-state index in [0.717, 1.165) is 31.5 Å². The van der Waals surface area contributed by atoms with Gasteiger partial charge in [0, 0.05) is 5.02 Å². The van der Waals surface area contributed by atoms with E-state index in [9.17, 15) is 4.39 Å². The lowest BCUT2D eigenvalue weighted by Crippen LogP contribution is -2.29. The van der Waals surface area contributed by atoms with Crippen LogP contribution in [0.15, 0.2) is 18.2 Å². The molecule has 0 N–H and O–H groups in total. The Bertz CT molecular complexity index is 345. The third-order valence-corrected chi connectivity index (χ3v) is 3.46. The highest BCUT2D eigenvalue weighted by Gasteiger charge is 2.20. The van der Waals surface area contributed by atoms with Crippen LogP contribution >= 0.6 is 11.6 Å². The second kappa shape index (κ2) is 4.50. The summed E-state index contributed by atoms with van der Waals surface area (Å²) in [5, 5.41) is 0.700. The fraction of sp³-hybridized carbons (Fsp3) is 0.500. The molecular weight excluding hydrogens is 213 g/mol. The van der Waals surface area contributed by atoms with E-state index in [1.54, 1.807) is 12.1 Å². The monoisotopic (exact) mass is 227 g/mol. The largest absolute Gasteiger partial charge is 0.306 e. The molecule has 1 aromatic rings. The van der Waals surface area contributed by atoms with Gasteiger partial charge in [-0.2, -0.15) is 0 Å². The lowest BCUT2D eigenvalue weighted by Gasteiger charge is -2.29. The van der Waals surface area contributed by atoms with E-state index < -0.39 is 0 Å². The standard InChI is InChI=1S/C12H15ClFN/c1-15-6-4-9(5-7-15)11-8-10(14)2-3-12(11)13/h2-3,8-9H,4-7H2,1H3. The molecule has 2 rings (SSSR count). The van der Waals surface area contributed by atoms with Gasteiger partial charge in [-0.3, -0.25) is 0 Å². The van der Waals surface area contributed by atoms with Crippen molar-refractivity contribution in [2.24, 2.45) is 0 Å². The van der Waals surface area contributed by atoms with Crippen molar-refractivity contribution in [3.63, 3.8) is 0 Å². The zero-order valence-corrected chi connectivity index (χ0v) is 9.60. The molecule has 15 heavy (non-hydrogen) atoms. The molecule has 0 spiro atoms. The highest BCUT2D eigenvalue weighted by atomic mass is 35.5. The summed E-state index contributed by atoms with van der Waals surface area (Å²) in [4.78, 5) is 2.30. The van der Waals surface area contributed by atoms with Crippen LogP contribution in [-0.4, -0.2) is 25.0 Å². The van der Waals surface area contributed by atoms with Crippen LogP contribution in [0.1, 0.15) is 24.3 Å². The lowest BCUT2D eigenvalue weighted by molar-refractivity contribution is 0.255. The van der Waals surface area contributed by atoms with Gasteiger partial charge in [0.25, 0.3) is 0 Å². The van der Waals surface area contributed by atoms with Gasteiger partial charge >= 0.3 is 0 Å². The Balaban J connectivity index is 2.18. The summed E-state index contributed by atoms with van der Waals surface area (Å²) in [6, 6.07) is 4.66. The molecule has 1 aliphatic heterocycles. The van der Waals surface area contributed by atoms with E-state index in [2.05, 4.69) is 11.9 Å². The molecule has 0 radical (unpaired) electrons. The van der Waals surface area contributed by atoms with E-state index in [-0.39, 0.29) is 5.82 Å². The smallest absolute Gasteiger partial charge is 0.123 e. The minimum atomic E-state index is -0.187. The molecule has 1 heterocycles.